The fourth-order valence-electron chi connectivity index (χ4n) is 0.277. The molecule has 0 radical (unpaired) electrons. The quantitative estimate of drug-likeness (QED) is 0.408. The first-order valence-corrected chi connectivity index (χ1v) is 2.60. The Morgan fingerprint density at radius 2 is 1.62 bits per heavy atom. The summed E-state index contributed by atoms with van der Waals surface area (Å²) in [5.74, 6) is 0. The lowest BCUT2D eigenvalue weighted by molar-refractivity contribution is 0.0630. The minimum Gasteiger partial charge on any atom is -0.435 e. The molecule has 0 aromatic carbocycles. The van der Waals surface area contributed by atoms with Crippen molar-refractivity contribution >= 4 is 6.16 Å². The van der Waals surface area contributed by atoms with E-state index in [1.165, 1.54) is 0 Å². The fourth-order valence-corrected chi connectivity index (χ4v) is 0.277. The van der Waals surface area contributed by atoms with Gasteiger partial charge in [-0.15, -0.1) is 0 Å². The van der Waals surface area contributed by atoms with Crippen LogP contribution in [0.1, 0.15) is 13.8 Å². The molecule has 0 atom stereocenters. The van der Waals surface area contributed by atoms with Crippen LogP contribution in [0.25, 0.3) is 0 Å². The maximum Gasteiger partial charge on any atom is 0.508 e. The summed E-state index contributed by atoms with van der Waals surface area (Å²) < 4.78 is 8.84. The van der Waals surface area contributed by atoms with E-state index >= 15 is 0 Å². The van der Waals surface area contributed by atoms with Gasteiger partial charge in [0.2, 0.25) is 0 Å². The van der Waals surface area contributed by atoms with E-state index < -0.39 is 6.16 Å². The normalized spacial score (nSPS) is 8.25. The van der Waals surface area contributed by atoms with E-state index in [9.17, 15) is 4.79 Å². The molecule has 0 rings (SSSR count). The van der Waals surface area contributed by atoms with Crippen LogP contribution in [-0.2, 0) is 9.47 Å². The highest BCUT2D eigenvalue weighted by molar-refractivity contribution is 5.59. The Balaban J connectivity index is 3.06. The van der Waals surface area contributed by atoms with Crippen LogP contribution in [0, 0.1) is 0 Å². The molecule has 0 heterocycles. The molecule has 3 nitrogen and oxygen atoms in total. The molecule has 0 aliphatic heterocycles. The molecule has 0 saturated heterocycles. The summed E-state index contributed by atoms with van der Waals surface area (Å²) in [6.45, 7) is 4.21. The highest BCUT2D eigenvalue weighted by Gasteiger charge is 1.96. The summed E-state index contributed by atoms with van der Waals surface area (Å²) >= 11 is 0. The van der Waals surface area contributed by atoms with Crippen molar-refractivity contribution in [2.24, 2.45) is 0 Å². The van der Waals surface area contributed by atoms with Crippen molar-refractivity contribution in [3.63, 3.8) is 0 Å². The molecule has 0 aliphatic rings. The Bertz CT molecular complexity index is 62.1. The third-order valence-corrected chi connectivity index (χ3v) is 0.524. The van der Waals surface area contributed by atoms with Crippen molar-refractivity contribution in [2.75, 3.05) is 13.2 Å². The van der Waals surface area contributed by atoms with Gasteiger partial charge in [-0.3, -0.25) is 0 Å². The fraction of sp³-hybridized carbons (Fsp3) is 0.800. The number of hydrogen-bond donors (Lipinski definition) is 0. The van der Waals surface area contributed by atoms with Gasteiger partial charge in [0.1, 0.15) is 0 Å². The molecule has 48 valence electrons. The topological polar surface area (TPSA) is 35.5 Å². The van der Waals surface area contributed by atoms with Gasteiger partial charge in [-0.2, -0.15) is 0 Å². The molecule has 0 aromatic heterocycles. The minimum atomic E-state index is -0.588. The lowest BCUT2D eigenvalue weighted by Gasteiger charge is -1.98. The second-order valence-corrected chi connectivity index (χ2v) is 1.12. The first-order valence-electron chi connectivity index (χ1n) is 2.60. The van der Waals surface area contributed by atoms with E-state index in [1.54, 1.807) is 13.8 Å². The Morgan fingerprint density at radius 3 is 1.88 bits per heavy atom. The Morgan fingerprint density at radius 1 is 1.25 bits per heavy atom. The molecule has 0 aliphatic carbocycles. The number of hydrogen-bond acceptors (Lipinski definition) is 3. The molecule has 3 heteroatoms. The van der Waals surface area contributed by atoms with Crippen LogP contribution < -0.4 is 0 Å². The van der Waals surface area contributed by atoms with Gasteiger partial charge in [0, 0.05) is 0 Å². The van der Waals surface area contributed by atoms with E-state index in [0.717, 1.165) is 0 Å². The Labute approximate surface area is 48.6 Å². The molecule has 0 amide bonds. The first-order chi connectivity index (χ1) is 3.81. The van der Waals surface area contributed by atoms with Crippen molar-refractivity contribution in [3.05, 3.63) is 0 Å². The third kappa shape index (κ3) is 3.46. The second-order valence-electron chi connectivity index (χ2n) is 1.12. The summed E-state index contributed by atoms with van der Waals surface area (Å²) in [5, 5.41) is 0. The molecule has 0 aromatic rings. The SMILES string of the molecule is [13CH3][13CH2]O[13C](=O)O[13CH2][13CH3]. The Hall–Kier alpha value is -0.730. The highest BCUT2D eigenvalue weighted by Crippen LogP contribution is 1.81. The Kier molecular flexibility index (Phi) is 4.03. The van der Waals surface area contributed by atoms with Crippen molar-refractivity contribution in [2.45, 2.75) is 13.8 Å². The molecular weight excluding hydrogens is 113 g/mol. The van der Waals surface area contributed by atoms with Crippen LogP contribution >= 0.6 is 0 Å². The van der Waals surface area contributed by atoms with Gasteiger partial charge < -0.3 is 9.47 Å². The van der Waals surface area contributed by atoms with Gasteiger partial charge in [-0.25, -0.2) is 4.79 Å². The van der Waals surface area contributed by atoms with E-state index in [-0.39, 0.29) is 0 Å². The zero-order valence-electron chi connectivity index (χ0n) is 5.14. The standard InChI is InChI=1S/C5H10O3/c1-3-7-5(6)8-4-2/h3-4H2,1-2H3/i1+1,2+1,3+1,4+1,5+1. The van der Waals surface area contributed by atoms with Crippen LogP contribution in [-0.4, -0.2) is 19.4 Å². The highest BCUT2D eigenvalue weighted by atomic mass is 16.9. The molecule has 0 fully saturated rings. The average Bonchev–Trinajstić information content (AvgIpc) is 1.68. The van der Waals surface area contributed by atoms with Gasteiger partial charge in [0.05, 0.1) is 13.2 Å². The van der Waals surface area contributed by atoms with Crippen LogP contribution in [0.2, 0.25) is 0 Å². The number of carbonyl (C=O) groups excluding carboxylic acids is 1. The molecule has 0 N–H and O–H groups in total. The van der Waals surface area contributed by atoms with Crippen molar-refractivity contribution in [1.82, 2.24) is 0 Å². The van der Waals surface area contributed by atoms with E-state index in [1.807, 2.05) is 0 Å². The van der Waals surface area contributed by atoms with Crippen molar-refractivity contribution in [1.29, 1.82) is 0 Å². The van der Waals surface area contributed by atoms with Gasteiger partial charge in [-0.05, 0) is 13.8 Å². The summed E-state index contributed by atoms with van der Waals surface area (Å²) in [6, 6.07) is 0. The summed E-state index contributed by atoms with van der Waals surface area (Å²) in [7, 11) is 0. The van der Waals surface area contributed by atoms with E-state index in [0.29, 0.717) is 13.2 Å². The lowest BCUT2D eigenvalue weighted by atomic mass is 11.8. The molecule has 8 heavy (non-hydrogen) atoms. The second kappa shape index (κ2) is 4.43. The van der Waals surface area contributed by atoms with Crippen LogP contribution in [0.4, 0.5) is 4.79 Å². The lowest BCUT2D eigenvalue weighted by Crippen LogP contribution is -2.05. The zero-order valence-corrected chi connectivity index (χ0v) is 5.14. The van der Waals surface area contributed by atoms with Gasteiger partial charge in [0.15, 0.2) is 0 Å². The summed E-state index contributed by atoms with van der Waals surface area (Å²) in [6.07, 6.45) is -0.588. The van der Waals surface area contributed by atoms with E-state index in [2.05, 4.69) is 9.47 Å². The predicted molar refractivity (Wildman–Crippen MR) is 28.6 cm³/mol. The summed E-state index contributed by atoms with van der Waals surface area (Å²) in [5.41, 5.74) is 0. The molecule has 0 saturated carbocycles. The number of ether oxygens (including phenoxy) is 2. The average molecular weight is 123 g/mol. The zero-order chi connectivity index (χ0) is 6.41. The third-order valence-electron chi connectivity index (χ3n) is 0.524. The van der Waals surface area contributed by atoms with Gasteiger partial charge in [-0.1, -0.05) is 0 Å². The van der Waals surface area contributed by atoms with Crippen LogP contribution in [0.15, 0.2) is 0 Å². The minimum absolute atomic E-state index is 0.374. The van der Waals surface area contributed by atoms with Gasteiger partial charge >= 0.3 is 6.16 Å². The smallest absolute Gasteiger partial charge is 0.435 e. The number of carbonyl (C=O) groups is 1. The largest absolute Gasteiger partial charge is 0.508 e. The van der Waals surface area contributed by atoms with Crippen molar-refractivity contribution < 1.29 is 14.3 Å². The molecule has 0 spiro atoms. The molecule has 0 unspecified atom stereocenters. The predicted octanol–water partition coefficient (Wildman–Crippen LogP) is 1.18. The summed E-state index contributed by atoms with van der Waals surface area (Å²) in [4.78, 5) is 10.2. The maximum absolute atomic E-state index is 10.2. The van der Waals surface area contributed by atoms with E-state index in [4.69, 9.17) is 0 Å². The van der Waals surface area contributed by atoms with Crippen LogP contribution in [0.3, 0.4) is 0 Å². The van der Waals surface area contributed by atoms with Crippen LogP contribution in [0.5, 0.6) is 0 Å². The maximum atomic E-state index is 10.2. The molecule has 0 bridgehead atoms. The first kappa shape index (κ1) is 7.27. The number of rotatable bonds is 2. The van der Waals surface area contributed by atoms with Crippen molar-refractivity contribution in [3.8, 4) is 0 Å². The van der Waals surface area contributed by atoms with Gasteiger partial charge in [0.25, 0.3) is 0 Å². The monoisotopic (exact) mass is 123 g/mol. The molecular formula is C5H10O3.